The van der Waals surface area contributed by atoms with Crippen molar-refractivity contribution in [1.29, 1.82) is 0 Å². The van der Waals surface area contributed by atoms with E-state index in [4.69, 9.17) is 0 Å². The van der Waals surface area contributed by atoms with Crippen LogP contribution in [0.2, 0.25) is 0 Å². The highest BCUT2D eigenvalue weighted by atomic mass is 79.9. The monoisotopic (exact) mass is 271 g/mol. The molecule has 82 valence electrons. The van der Waals surface area contributed by atoms with Crippen LogP contribution < -0.4 is 10.5 Å². The van der Waals surface area contributed by atoms with Crippen LogP contribution in [0.15, 0.2) is 15.5 Å². The molecule has 5 heteroatoms. The van der Waals surface area contributed by atoms with Gasteiger partial charge in [0.25, 0.3) is 5.56 Å². The van der Waals surface area contributed by atoms with Crippen LogP contribution in [0.3, 0.4) is 0 Å². The van der Waals surface area contributed by atoms with E-state index in [9.17, 15) is 4.79 Å². The second-order valence-electron chi connectivity index (χ2n) is 4.10. The van der Waals surface area contributed by atoms with Gasteiger partial charge in [0.1, 0.15) is 4.47 Å². The van der Waals surface area contributed by atoms with Crippen molar-refractivity contribution in [2.24, 2.45) is 13.0 Å². The summed E-state index contributed by atoms with van der Waals surface area (Å²) in [5.74, 6) is 0.797. The zero-order valence-corrected chi connectivity index (χ0v) is 10.5. The van der Waals surface area contributed by atoms with Crippen molar-refractivity contribution in [1.82, 2.24) is 9.78 Å². The van der Waals surface area contributed by atoms with E-state index in [1.807, 2.05) is 7.05 Å². The molecule has 1 aliphatic rings. The predicted molar refractivity (Wildman–Crippen MR) is 63.2 cm³/mol. The van der Waals surface area contributed by atoms with Crippen molar-refractivity contribution in [3.63, 3.8) is 0 Å². The molecule has 0 aliphatic heterocycles. The maximum Gasteiger partial charge on any atom is 0.282 e. The Kier molecular flexibility index (Phi) is 2.82. The zero-order valence-electron chi connectivity index (χ0n) is 8.90. The van der Waals surface area contributed by atoms with Crippen molar-refractivity contribution in [2.75, 3.05) is 18.5 Å². The Balaban J connectivity index is 2.26. The van der Waals surface area contributed by atoms with Gasteiger partial charge in [0.15, 0.2) is 0 Å². The molecule has 0 unspecified atom stereocenters. The van der Waals surface area contributed by atoms with Gasteiger partial charge >= 0.3 is 0 Å². The summed E-state index contributed by atoms with van der Waals surface area (Å²) in [7, 11) is 3.65. The maximum atomic E-state index is 11.6. The standard InChI is InChI=1S/C10H14BrN3O/c1-13(6-7-3-4-7)8-5-12-14(2)10(15)9(8)11/h5,7H,3-4,6H2,1-2H3. The fourth-order valence-corrected chi connectivity index (χ4v) is 2.22. The minimum atomic E-state index is -0.0878. The van der Waals surface area contributed by atoms with Crippen LogP contribution in [0.1, 0.15) is 12.8 Å². The molecule has 1 aromatic heterocycles. The first-order chi connectivity index (χ1) is 7.09. The third-order valence-corrected chi connectivity index (χ3v) is 3.45. The maximum absolute atomic E-state index is 11.6. The second-order valence-corrected chi connectivity index (χ2v) is 4.89. The third-order valence-electron chi connectivity index (χ3n) is 2.70. The highest BCUT2D eigenvalue weighted by Gasteiger charge is 2.24. The summed E-state index contributed by atoms with van der Waals surface area (Å²) in [6.07, 6.45) is 4.34. The highest BCUT2D eigenvalue weighted by Crippen LogP contribution is 2.31. The summed E-state index contributed by atoms with van der Waals surface area (Å²) in [4.78, 5) is 13.7. The lowest BCUT2D eigenvalue weighted by Crippen LogP contribution is -2.27. The molecule has 0 spiro atoms. The highest BCUT2D eigenvalue weighted by molar-refractivity contribution is 9.10. The van der Waals surface area contributed by atoms with E-state index in [-0.39, 0.29) is 5.56 Å². The molecule has 0 N–H and O–H groups in total. The molecule has 0 aromatic carbocycles. The number of hydrogen-bond donors (Lipinski definition) is 0. The molecular formula is C10H14BrN3O. The van der Waals surface area contributed by atoms with Gasteiger partial charge in [0.05, 0.1) is 11.9 Å². The summed E-state index contributed by atoms with van der Waals surface area (Å²) in [5.41, 5.74) is 0.792. The van der Waals surface area contributed by atoms with E-state index in [1.54, 1.807) is 13.2 Å². The smallest absolute Gasteiger partial charge is 0.282 e. The van der Waals surface area contributed by atoms with Crippen LogP contribution >= 0.6 is 15.9 Å². The van der Waals surface area contributed by atoms with Crippen molar-refractivity contribution in [3.8, 4) is 0 Å². The van der Waals surface area contributed by atoms with Crippen LogP contribution in [0.4, 0.5) is 5.69 Å². The largest absolute Gasteiger partial charge is 0.372 e. The summed E-state index contributed by atoms with van der Waals surface area (Å²) in [5, 5.41) is 4.02. The Hall–Kier alpha value is -0.840. The molecule has 1 heterocycles. The van der Waals surface area contributed by atoms with E-state index in [0.717, 1.165) is 18.2 Å². The second kappa shape index (κ2) is 3.96. The molecule has 0 saturated heterocycles. The Labute approximate surface area is 97.0 Å². The molecular weight excluding hydrogens is 258 g/mol. The van der Waals surface area contributed by atoms with Gasteiger partial charge in [-0.1, -0.05) is 0 Å². The van der Waals surface area contributed by atoms with E-state index >= 15 is 0 Å². The topological polar surface area (TPSA) is 38.1 Å². The van der Waals surface area contributed by atoms with Gasteiger partial charge in [-0.3, -0.25) is 4.79 Å². The zero-order chi connectivity index (χ0) is 11.0. The lowest BCUT2D eigenvalue weighted by atomic mass is 10.3. The number of rotatable bonds is 3. The SMILES string of the molecule is CN(CC1CC1)c1cnn(C)c(=O)c1Br. The lowest BCUT2D eigenvalue weighted by molar-refractivity contribution is 0.694. The summed E-state index contributed by atoms with van der Waals surface area (Å²) in [6.45, 7) is 1.01. The number of aromatic nitrogens is 2. The number of hydrogen-bond acceptors (Lipinski definition) is 3. The summed E-state index contributed by atoms with van der Waals surface area (Å²) < 4.78 is 1.93. The molecule has 1 saturated carbocycles. The minimum Gasteiger partial charge on any atom is -0.372 e. The third kappa shape index (κ3) is 2.22. The molecule has 4 nitrogen and oxygen atoms in total. The van der Waals surface area contributed by atoms with Gasteiger partial charge in [-0.15, -0.1) is 0 Å². The summed E-state index contributed by atoms with van der Waals surface area (Å²) in [6, 6.07) is 0. The fourth-order valence-electron chi connectivity index (χ4n) is 1.55. The molecule has 1 aromatic rings. The van der Waals surface area contributed by atoms with Crippen LogP contribution in [0.25, 0.3) is 0 Å². The van der Waals surface area contributed by atoms with Gasteiger partial charge < -0.3 is 4.90 Å². The molecule has 0 radical (unpaired) electrons. The quantitative estimate of drug-likeness (QED) is 0.834. The number of anilines is 1. The van der Waals surface area contributed by atoms with Crippen LogP contribution in [0.5, 0.6) is 0 Å². The molecule has 2 rings (SSSR count). The Morgan fingerprint density at radius 3 is 2.93 bits per heavy atom. The predicted octanol–water partition coefficient (Wildman–Crippen LogP) is 1.39. The van der Waals surface area contributed by atoms with E-state index < -0.39 is 0 Å². The number of nitrogens with zero attached hydrogens (tertiary/aromatic N) is 3. The Morgan fingerprint density at radius 2 is 2.33 bits per heavy atom. The first-order valence-electron chi connectivity index (χ1n) is 5.02. The Morgan fingerprint density at radius 1 is 1.67 bits per heavy atom. The first-order valence-corrected chi connectivity index (χ1v) is 5.82. The van der Waals surface area contributed by atoms with E-state index in [1.165, 1.54) is 17.5 Å². The van der Waals surface area contributed by atoms with Crippen molar-refractivity contribution >= 4 is 21.6 Å². The molecule has 0 amide bonds. The fraction of sp³-hybridized carbons (Fsp3) is 0.600. The van der Waals surface area contributed by atoms with Crippen molar-refractivity contribution < 1.29 is 0 Å². The lowest BCUT2D eigenvalue weighted by Gasteiger charge is -2.19. The average molecular weight is 272 g/mol. The van der Waals surface area contributed by atoms with Gasteiger partial charge in [-0.25, -0.2) is 4.68 Å². The van der Waals surface area contributed by atoms with E-state index in [2.05, 4.69) is 25.9 Å². The van der Waals surface area contributed by atoms with Crippen LogP contribution in [-0.2, 0) is 7.05 Å². The van der Waals surface area contributed by atoms with Crippen LogP contribution in [-0.4, -0.2) is 23.4 Å². The number of halogens is 1. The number of aryl methyl sites for hydroxylation is 1. The minimum absolute atomic E-state index is 0.0878. The molecule has 1 fully saturated rings. The Bertz CT molecular complexity index is 425. The van der Waals surface area contributed by atoms with Gasteiger partial charge in [0, 0.05) is 20.6 Å². The van der Waals surface area contributed by atoms with Gasteiger partial charge in [-0.05, 0) is 34.7 Å². The average Bonchev–Trinajstić information content (AvgIpc) is 2.98. The molecule has 15 heavy (non-hydrogen) atoms. The molecule has 1 aliphatic carbocycles. The van der Waals surface area contributed by atoms with Crippen molar-refractivity contribution in [3.05, 3.63) is 21.0 Å². The van der Waals surface area contributed by atoms with Gasteiger partial charge in [-0.2, -0.15) is 5.10 Å². The summed E-state index contributed by atoms with van der Waals surface area (Å²) >= 11 is 3.33. The van der Waals surface area contributed by atoms with E-state index in [0.29, 0.717) is 4.47 Å². The van der Waals surface area contributed by atoms with Gasteiger partial charge in [0.2, 0.25) is 0 Å². The normalized spacial score (nSPS) is 15.4. The molecule has 0 atom stereocenters. The van der Waals surface area contributed by atoms with Crippen LogP contribution in [0, 0.1) is 5.92 Å². The first kappa shape index (κ1) is 10.7. The molecule has 0 bridgehead atoms. The van der Waals surface area contributed by atoms with Crippen molar-refractivity contribution in [2.45, 2.75) is 12.8 Å².